The van der Waals surface area contributed by atoms with E-state index in [-0.39, 0.29) is 0 Å². The summed E-state index contributed by atoms with van der Waals surface area (Å²) in [6.45, 7) is 4.01. The maximum absolute atomic E-state index is 11.0. The lowest BCUT2D eigenvalue weighted by molar-refractivity contribution is 0.211. The number of aromatic amines is 1. The van der Waals surface area contributed by atoms with E-state index in [2.05, 4.69) is 34.3 Å². The summed E-state index contributed by atoms with van der Waals surface area (Å²) in [7, 11) is 0. The van der Waals surface area contributed by atoms with Gasteiger partial charge in [-0.15, -0.1) is 0 Å². The number of fused-ring (bicyclic) bond motifs is 1. The van der Waals surface area contributed by atoms with Gasteiger partial charge in [0.25, 0.3) is 0 Å². The molecule has 0 bridgehead atoms. The van der Waals surface area contributed by atoms with Crippen LogP contribution in [0.3, 0.4) is 0 Å². The van der Waals surface area contributed by atoms with Crippen molar-refractivity contribution in [3.8, 4) is 17.1 Å². The van der Waals surface area contributed by atoms with E-state index in [1.807, 2.05) is 18.2 Å². The van der Waals surface area contributed by atoms with Crippen LogP contribution in [-0.2, 0) is 6.54 Å². The number of H-pyrrole nitrogens is 1. The van der Waals surface area contributed by atoms with Crippen LogP contribution in [-0.4, -0.2) is 22.6 Å². The average Bonchev–Trinajstić information content (AvgIpc) is 3.00. The minimum absolute atomic E-state index is 0.350. The number of carbonyl (C=O) groups is 1. The molecule has 6 nitrogen and oxygen atoms in total. The number of carbonyl (C=O) groups excluding carboxylic acids is 1. The highest BCUT2D eigenvalue weighted by atomic mass is 16.5. The molecular formula is C18H20N4O2. The number of rotatable bonds is 6. The second kappa shape index (κ2) is 7.14. The lowest BCUT2D eigenvalue weighted by atomic mass is 10.1. The van der Waals surface area contributed by atoms with Crippen molar-refractivity contribution in [1.82, 2.24) is 15.3 Å². The molecule has 4 N–H and O–H groups in total. The molecule has 0 aliphatic carbocycles. The highest BCUT2D eigenvalue weighted by Gasteiger charge is 2.11. The number of aromatic nitrogens is 2. The molecule has 2 aromatic carbocycles. The molecule has 0 atom stereocenters. The molecule has 3 aromatic rings. The van der Waals surface area contributed by atoms with E-state index in [9.17, 15) is 4.79 Å². The normalized spacial score (nSPS) is 10.9. The van der Waals surface area contributed by atoms with Crippen LogP contribution in [0.15, 0.2) is 42.5 Å². The number of benzene rings is 2. The molecule has 0 fully saturated rings. The summed E-state index contributed by atoms with van der Waals surface area (Å²) >= 11 is 0. The summed E-state index contributed by atoms with van der Waals surface area (Å²) in [5, 5.41) is 3.37. The first-order chi connectivity index (χ1) is 11.7. The molecule has 0 aliphatic heterocycles. The van der Waals surface area contributed by atoms with Crippen molar-refractivity contribution in [3.63, 3.8) is 0 Å². The molecular weight excluding hydrogens is 304 g/mol. The van der Waals surface area contributed by atoms with E-state index < -0.39 is 6.09 Å². The molecule has 0 unspecified atom stereocenters. The van der Waals surface area contributed by atoms with Crippen molar-refractivity contribution in [2.45, 2.75) is 19.9 Å². The SMILES string of the molecule is CCCNCc1ccc(-c2nc3c(OC(N)=O)cccc3[nH]2)cc1. The van der Waals surface area contributed by atoms with Gasteiger partial charge in [-0.25, -0.2) is 9.78 Å². The molecule has 1 aromatic heterocycles. The van der Waals surface area contributed by atoms with Crippen LogP contribution in [0.2, 0.25) is 0 Å². The minimum Gasteiger partial charge on any atom is -0.408 e. The third-order valence-corrected chi connectivity index (χ3v) is 3.67. The van der Waals surface area contributed by atoms with Gasteiger partial charge in [-0.1, -0.05) is 37.3 Å². The Morgan fingerprint density at radius 2 is 2.04 bits per heavy atom. The van der Waals surface area contributed by atoms with Crippen molar-refractivity contribution < 1.29 is 9.53 Å². The fourth-order valence-corrected chi connectivity index (χ4v) is 2.52. The van der Waals surface area contributed by atoms with Crippen LogP contribution in [0.5, 0.6) is 5.75 Å². The Morgan fingerprint density at radius 1 is 1.25 bits per heavy atom. The quantitative estimate of drug-likeness (QED) is 0.607. The first-order valence-corrected chi connectivity index (χ1v) is 7.93. The number of amides is 1. The van der Waals surface area contributed by atoms with E-state index in [0.29, 0.717) is 11.3 Å². The molecule has 3 rings (SSSR count). The van der Waals surface area contributed by atoms with E-state index in [1.165, 1.54) is 5.56 Å². The molecule has 0 radical (unpaired) electrons. The summed E-state index contributed by atoms with van der Waals surface area (Å²) < 4.78 is 5.00. The van der Waals surface area contributed by atoms with Crippen molar-refractivity contribution in [2.75, 3.05) is 6.54 Å². The van der Waals surface area contributed by atoms with Crippen molar-refractivity contribution in [2.24, 2.45) is 5.73 Å². The third-order valence-electron chi connectivity index (χ3n) is 3.67. The minimum atomic E-state index is -0.851. The van der Waals surface area contributed by atoms with E-state index in [4.69, 9.17) is 10.5 Å². The third kappa shape index (κ3) is 3.55. The first kappa shape index (κ1) is 16.0. The Bertz CT molecular complexity index is 840. The number of nitrogens with zero attached hydrogens (tertiary/aromatic N) is 1. The number of hydrogen-bond donors (Lipinski definition) is 3. The molecule has 0 aliphatic rings. The zero-order valence-electron chi connectivity index (χ0n) is 13.5. The second-order valence-electron chi connectivity index (χ2n) is 5.53. The zero-order chi connectivity index (χ0) is 16.9. The van der Waals surface area contributed by atoms with Crippen molar-refractivity contribution in [1.29, 1.82) is 0 Å². The fourth-order valence-electron chi connectivity index (χ4n) is 2.52. The average molecular weight is 324 g/mol. The van der Waals surface area contributed by atoms with E-state index in [0.717, 1.165) is 36.4 Å². The fraction of sp³-hybridized carbons (Fsp3) is 0.222. The van der Waals surface area contributed by atoms with Gasteiger partial charge in [0.1, 0.15) is 11.3 Å². The first-order valence-electron chi connectivity index (χ1n) is 7.93. The van der Waals surface area contributed by atoms with E-state index in [1.54, 1.807) is 12.1 Å². The van der Waals surface area contributed by atoms with Gasteiger partial charge in [0.2, 0.25) is 0 Å². The topological polar surface area (TPSA) is 93.0 Å². The van der Waals surface area contributed by atoms with Gasteiger partial charge in [0, 0.05) is 12.1 Å². The predicted octanol–water partition coefficient (Wildman–Crippen LogP) is 3.19. The van der Waals surface area contributed by atoms with Gasteiger partial charge in [0.05, 0.1) is 5.52 Å². The number of hydrogen-bond acceptors (Lipinski definition) is 4. The Kier molecular flexibility index (Phi) is 4.77. The smallest absolute Gasteiger partial charge is 0.408 e. The van der Waals surface area contributed by atoms with Gasteiger partial charge >= 0.3 is 6.09 Å². The van der Waals surface area contributed by atoms with Gasteiger partial charge < -0.3 is 20.8 Å². The highest BCUT2D eigenvalue weighted by molar-refractivity contribution is 5.87. The van der Waals surface area contributed by atoms with Crippen LogP contribution >= 0.6 is 0 Å². The summed E-state index contributed by atoms with van der Waals surface area (Å²) in [6, 6.07) is 13.5. The molecule has 6 heteroatoms. The monoisotopic (exact) mass is 324 g/mol. The van der Waals surface area contributed by atoms with Crippen LogP contribution in [0.25, 0.3) is 22.4 Å². The van der Waals surface area contributed by atoms with Gasteiger partial charge in [-0.3, -0.25) is 0 Å². The Labute approximate surface area is 140 Å². The van der Waals surface area contributed by atoms with Crippen molar-refractivity contribution in [3.05, 3.63) is 48.0 Å². The number of para-hydroxylation sites is 1. The van der Waals surface area contributed by atoms with Gasteiger partial charge in [0.15, 0.2) is 5.75 Å². The van der Waals surface area contributed by atoms with Crippen LogP contribution < -0.4 is 15.8 Å². The lowest BCUT2D eigenvalue weighted by Gasteiger charge is -2.04. The number of nitrogens with two attached hydrogens (primary N) is 1. The van der Waals surface area contributed by atoms with Crippen LogP contribution in [0.4, 0.5) is 4.79 Å². The maximum atomic E-state index is 11.0. The molecule has 24 heavy (non-hydrogen) atoms. The summed E-state index contributed by atoms with van der Waals surface area (Å²) in [5.41, 5.74) is 8.66. The predicted molar refractivity (Wildman–Crippen MR) is 93.7 cm³/mol. The van der Waals surface area contributed by atoms with Gasteiger partial charge in [-0.05, 0) is 30.7 Å². The van der Waals surface area contributed by atoms with E-state index >= 15 is 0 Å². The van der Waals surface area contributed by atoms with Crippen LogP contribution in [0, 0.1) is 0 Å². The van der Waals surface area contributed by atoms with Crippen molar-refractivity contribution >= 4 is 17.1 Å². The maximum Gasteiger partial charge on any atom is 0.410 e. The molecule has 0 spiro atoms. The summed E-state index contributed by atoms with van der Waals surface area (Å²) in [5.74, 6) is 1.07. The molecule has 1 heterocycles. The Morgan fingerprint density at radius 3 is 2.75 bits per heavy atom. The molecule has 1 amide bonds. The Balaban J connectivity index is 1.85. The summed E-state index contributed by atoms with van der Waals surface area (Å²) in [4.78, 5) is 18.8. The Hall–Kier alpha value is -2.86. The largest absolute Gasteiger partial charge is 0.410 e. The number of primary amides is 1. The highest BCUT2D eigenvalue weighted by Crippen LogP contribution is 2.27. The number of imidazole rings is 1. The van der Waals surface area contributed by atoms with Gasteiger partial charge in [-0.2, -0.15) is 0 Å². The standard InChI is InChI=1S/C18H20N4O2/c1-2-10-20-11-12-6-8-13(9-7-12)17-21-14-4-3-5-15(16(14)22-17)24-18(19)23/h3-9,20H,2,10-11H2,1H3,(H2,19,23)(H,21,22). The molecule has 0 saturated carbocycles. The lowest BCUT2D eigenvalue weighted by Crippen LogP contribution is -2.16. The number of ether oxygens (including phenoxy) is 1. The summed E-state index contributed by atoms with van der Waals surface area (Å²) in [6.07, 6.45) is 0.267. The van der Waals surface area contributed by atoms with Crippen LogP contribution in [0.1, 0.15) is 18.9 Å². The second-order valence-corrected chi connectivity index (χ2v) is 5.53. The molecule has 0 saturated heterocycles. The molecule has 124 valence electrons. The number of nitrogens with one attached hydrogen (secondary N) is 2. The zero-order valence-corrected chi connectivity index (χ0v) is 13.5.